The van der Waals surface area contributed by atoms with E-state index in [1.807, 2.05) is 29.2 Å². The Morgan fingerprint density at radius 3 is 2.05 bits per heavy atom. The summed E-state index contributed by atoms with van der Waals surface area (Å²) < 4.78 is 0. The Balaban J connectivity index is 2.44. The number of benzene rings is 1. The average molecular weight is 342 g/mol. The van der Waals surface area contributed by atoms with E-state index in [1.165, 1.54) is 25.7 Å². The van der Waals surface area contributed by atoms with Crippen LogP contribution in [0.25, 0.3) is 0 Å². The summed E-state index contributed by atoms with van der Waals surface area (Å²) in [5.41, 5.74) is 0. The minimum Gasteiger partial charge on any atom is -0.342 e. The molecule has 4 heteroatoms. The first-order chi connectivity index (χ1) is 10.7. The van der Waals surface area contributed by atoms with Crippen LogP contribution in [0.5, 0.6) is 0 Å². The van der Waals surface area contributed by atoms with Crippen LogP contribution in [-0.2, 0) is 4.79 Å². The molecule has 0 bridgehead atoms. The van der Waals surface area contributed by atoms with Crippen LogP contribution in [0.2, 0.25) is 5.02 Å². The molecule has 124 valence electrons. The van der Waals surface area contributed by atoms with E-state index in [1.54, 1.807) is 11.8 Å². The molecular weight excluding hydrogens is 314 g/mol. The zero-order chi connectivity index (χ0) is 16.2. The molecule has 0 aromatic heterocycles. The van der Waals surface area contributed by atoms with Crippen molar-refractivity contribution in [3.05, 3.63) is 29.3 Å². The predicted molar refractivity (Wildman–Crippen MR) is 97.8 cm³/mol. The summed E-state index contributed by atoms with van der Waals surface area (Å²) in [7, 11) is 0. The van der Waals surface area contributed by atoms with Gasteiger partial charge in [0.1, 0.15) is 0 Å². The standard InChI is InChI=1S/C18H28ClNOS/c1-3-5-7-13-20(14-8-6-4-2)18(21)15-22-17-11-9-16(19)10-12-17/h9-12H,3-8,13-15H2,1-2H3. The maximum Gasteiger partial charge on any atom is 0.232 e. The lowest BCUT2D eigenvalue weighted by atomic mass is 10.2. The second-order valence-electron chi connectivity index (χ2n) is 5.54. The minimum atomic E-state index is 0.257. The molecule has 0 heterocycles. The monoisotopic (exact) mass is 341 g/mol. The molecule has 0 aliphatic carbocycles. The molecule has 1 rings (SSSR count). The SMILES string of the molecule is CCCCCN(CCCCC)C(=O)CSc1ccc(Cl)cc1. The number of nitrogens with zero attached hydrogens (tertiary/aromatic N) is 1. The summed E-state index contributed by atoms with van der Waals surface area (Å²) >= 11 is 7.48. The van der Waals surface area contributed by atoms with Crippen molar-refractivity contribution in [2.24, 2.45) is 0 Å². The molecule has 0 saturated carbocycles. The van der Waals surface area contributed by atoms with Gasteiger partial charge in [0.05, 0.1) is 5.75 Å². The van der Waals surface area contributed by atoms with E-state index < -0.39 is 0 Å². The summed E-state index contributed by atoms with van der Waals surface area (Å²) in [6.07, 6.45) is 7.00. The van der Waals surface area contributed by atoms with Gasteiger partial charge in [0.2, 0.25) is 5.91 Å². The van der Waals surface area contributed by atoms with E-state index in [4.69, 9.17) is 11.6 Å². The van der Waals surface area contributed by atoms with Crippen LogP contribution < -0.4 is 0 Å². The Morgan fingerprint density at radius 1 is 1.00 bits per heavy atom. The van der Waals surface area contributed by atoms with Gasteiger partial charge in [0, 0.05) is 23.0 Å². The highest BCUT2D eigenvalue weighted by Crippen LogP contribution is 2.21. The molecule has 0 atom stereocenters. The molecule has 0 radical (unpaired) electrons. The Morgan fingerprint density at radius 2 is 1.55 bits per heavy atom. The lowest BCUT2D eigenvalue weighted by Gasteiger charge is -2.22. The van der Waals surface area contributed by atoms with Gasteiger partial charge in [0.25, 0.3) is 0 Å². The van der Waals surface area contributed by atoms with Crippen molar-refractivity contribution in [1.82, 2.24) is 4.90 Å². The highest BCUT2D eigenvalue weighted by Gasteiger charge is 2.13. The second-order valence-corrected chi connectivity index (χ2v) is 7.02. The van der Waals surface area contributed by atoms with Crippen LogP contribution >= 0.6 is 23.4 Å². The number of hydrogen-bond acceptors (Lipinski definition) is 2. The third kappa shape index (κ3) is 8.09. The molecule has 0 aliphatic heterocycles. The predicted octanol–water partition coefficient (Wildman–Crippen LogP) is 5.64. The fraction of sp³-hybridized carbons (Fsp3) is 0.611. The molecule has 22 heavy (non-hydrogen) atoms. The van der Waals surface area contributed by atoms with Crippen molar-refractivity contribution >= 4 is 29.3 Å². The van der Waals surface area contributed by atoms with Crippen molar-refractivity contribution in [3.63, 3.8) is 0 Å². The first kappa shape index (κ1) is 19.4. The Kier molecular flexibility index (Phi) is 10.4. The minimum absolute atomic E-state index is 0.257. The summed E-state index contributed by atoms with van der Waals surface area (Å²) in [6.45, 7) is 6.19. The second kappa shape index (κ2) is 11.8. The summed E-state index contributed by atoms with van der Waals surface area (Å²) in [4.78, 5) is 15.6. The first-order valence-corrected chi connectivity index (χ1v) is 9.69. The van der Waals surface area contributed by atoms with Gasteiger partial charge in [-0.25, -0.2) is 0 Å². The molecule has 1 aromatic rings. The molecule has 0 N–H and O–H groups in total. The molecule has 1 aromatic carbocycles. The molecule has 0 spiro atoms. The van der Waals surface area contributed by atoms with Crippen LogP contribution in [0.4, 0.5) is 0 Å². The van der Waals surface area contributed by atoms with Gasteiger partial charge in [-0.1, -0.05) is 51.1 Å². The maximum atomic E-state index is 12.5. The highest BCUT2D eigenvalue weighted by atomic mass is 35.5. The molecule has 2 nitrogen and oxygen atoms in total. The van der Waals surface area contributed by atoms with Crippen molar-refractivity contribution in [1.29, 1.82) is 0 Å². The Labute approximate surface area is 144 Å². The number of unbranched alkanes of at least 4 members (excludes halogenated alkanes) is 4. The molecule has 0 aliphatic rings. The fourth-order valence-corrected chi connectivity index (χ4v) is 3.16. The van der Waals surface area contributed by atoms with Crippen LogP contribution in [0.1, 0.15) is 52.4 Å². The van der Waals surface area contributed by atoms with Gasteiger partial charge < -0.3 is 4.90 Å². The van der Waals surface area contributed by atoms with Crippen molar-refractivity contribution in [3.8, 4) is 0 Å². The van der Waals surface area contributed by atoms with Crippen LogP contribution in [0.3, 0.4) is 0 Å². The molecule has 0 saturated heterocycles. The van der Waals surface area contributed by atoms with Gasteiger partial charge in [-0.3, -0.25) is 4.79 Å². The third-order valence-electron chi connectivity index (χ3n) is 3.59. The zero-order valence-corrected chi connectivity index (χ0v) is 15.4. The van der Waals surface area contributed by atoms with E-state index >= 15 is 0 Å². The quantitative estimate of drug-likeness (QED) is 0.383. The number of carbonyl (C=O) groups is 1. The molecule has 0 unspecified atom stereocenters. The van der Waals surface area contributed by atoms with E-state index in [0.717, 1.165) is 35.8 Å². The largest absolute Gasteiger partial charge is 0.342 e. The number of amides is 1. The van der Waals surface area contributed by atoms with Crippen molar-refractivity contribution < 1.29 is 4.79 Å². The molecular formula is C18H28ClNOS. The molecule has 0 fully saturated rings. The van der Waals surface area contributed by atoms with Gasteiger partial charge >= 0.3 is 0 Å². The lowest BCUT2D eigenvalue weighted by molar-refractivity contribution is -0.128. The number of carbonyl (C=O) groups excluding carboxylic acids is 1. The number of rotatable bonds is 11. The van der Waals surface area contributed by atoms with Crippen LogP contribution in [0.15, 0.2) is 29.2 Å². The average Bonchev–Trinajstić information content (AvgIpc) is 2.53. The van der Waals surface area contributed by atoms with Crippen molar-refractivity contribution in [2.75, 3.05) is 18.8 Å². The smallest absolute Gasteiger partial charge is 0.232 e. The van der Waals surface area contributed by atoms with Gasteiger partial charge in [0.15, 0.2) is 0 Å². The van der Waals surface area contributed by atoms with E-state index in [9.17, 15) is 4.79 Å². The van der Waals surface area contributed by atoms with Gasteiger partial charge in [-0.05, 0) is 37.1 Å². The van der Waals surface area contributed by atoms with Gasteiger partial charge in [-0.15, -0.1) is 11.8 Å². The summed E-state index contributed by atoms with van der Waals surface area (Å²) in [5, 5.41) is 0.733. The first-order valence-electron chi connectivity index (χ1n) is 8.33. The van der Waals surface area contributed by atoms with Crippen LogP contribution in [-0.4, -0.2) is 29.6 Å². The Hall–Kier alpha value is -0.670. The van der Waals surface area contributed by atoms with E-state index in [-0.39, 0.29) is 5.91 Å². The third-order valence-corrected chi connectivity index (χ3v) is 4.84. The normalized spacial score (nSPS) is 10.7. The topological polar surface area (TPSA) is 20.3 Å². The number of hydrogen-bond donors (Lipinski definition) is 0. The maximum absolute atomic E-state index is 12.5. The van der Waals surface area contributed by atoms with Crippen molar-refractivity contribution in [2.45, 2.75) is 57.3 Å². The lowest BCUT2D eigenvalue weighted by Crippen LogP contribution is -2.34. The number of thioether (sulfide) groups is 1. The number of halogens is 1. The summed E-state index contributed by atoms with van der Waals surface area (Å²) in [5.74, 6) is 0.770. The Bertz CT molecular complexity index is 412. The summed E-state index contributed by atoms with van der Waals surface area (Å²) in [6, 6.07) is 7.68. The fourth-order valence-electron chi connectivity index (χ4n) is 2.23. The highest BCUT2D eigenvalue weighted by molar-refractivity contribution is 8.00. The zero-order valence-electron chi connectivity index (χ0n) is 13.8. The van der Waals surface area contributed by atoms with E-state index in [2.05, 4.69) is 13.8 Å². The van der Waals surface area contributed by atoms with Crippen LogP contribution in [0, 0.1) is 0 Å². The van der Waals surface area contributed by atoms with E-state index in [0.29, 0.717) is 5.75 Å². The van der Waals surface area contributed by atoms with Gasteiger partial charge in [-0.2, -0.15) is 0 Å². The molecule has 1 amide bonds.